The van der Waals surface area contributed by atoms with Gasteiger partial charge in [-0.2, -0.15) is 0 Å². The second kappa shape index (κ2) is 6.06. The number of piperazine rings is 1. The Bertz CT molecular complexity index is 542. The van der Waals surface area contributed by atoms with Crippen LogP contribution in [0.15, 0.2) is 12.1 Å². The van der Waals surface area contributed by atoms with Crippen LogP contribution in [0.4, 0.5) is 0 Å². The van der Waals surface area contributed by atoms with Crippen molar-refractivity contribution in [1.82, 2.24) is 10.2 Å². The maximum atomic E-state index is 12.6. The van der Waals surface area contributed by atoms with Gasteiger partial charge in [0, 0.05) is 19.6 Å². The van der Waals surface area contributed by atoms with E-state index in [1.165, 1.54) is 5.56 Å². The number of methoxy groups -OCH3 is 1. The minimum absolute atomic E-state index is 0.110. The molecule has 0 radical (unpaired) electrons. The van der Waals surface area contributed by atoms with Crippen LogP contribution in [0.5, 0.6) is 5.75 Å². The molecule has 0 bridgehead atoms. The van der Waals surface area contributed by atoms with Crippen LogP contribution in [0.3, 0.4) is 0 Å². The van der Waals surface area contributed by atoms with E-state index in [0.29, 0.717) is 0 Å². The number of carbonyl (C=O) groups is 1. The predicted molar refractivity (Wildman–Crippen MR) is 85.0 cm³/mol. The van der Waals surface area contributed by atoms with Crippen LogP contribution >= 0.6 is 0 Å². The van der Waals surface area contributed by atoms with Crippen LogP contribution in [-0.2, 0) is 12.0 Å². The zero-order valence-corrected chi connectivity index (χ0v) is 13.7. The average Bonchev–Trinajstić information content (AvgIpc) is 2.77. The molecule has 0 saturated carbocycles. The number of hydrogen-bond acceptors (Lipinski definition) is 3. The van der Waals surface area contributed by atoms with E-state index >= 15 is 0 Å². The number of ether oxygens (including phenoxy) is 1. The molecule has 1 amide bonds. The van der Waals surface area contributed by atoms with Crippen LogP contribution in [0.1, 0.15) is 49.2 Å². The van der Waals surface area contributed by atoms with Crippen molar-refractivity contribution in [2.24, 2.45) is 0 Å². The Morgan fingerprint density at radius 1 is 1.38 bits per heavy atom. The fourth-order valence-corrected chi connectivity index (χ4v) is 3.25. The zero-order valence-electron chi connectivity index (χ0n) is 13.7. The number of nitrogens with zero attached hydrogens (tertiary/aromatic N) is 1. The summed E-state index contributed by atoms with van der Waals surface area (Å²) in [6.07, 6.45) is 0.946. The highest BCUT2D eigenvalue weighted by Gasteiger charge is 2.49. The molecule has 1 aromatic rings. The van der Waals surface area contributed by atoms with E-state index in [9.17, 15) is 4.79 Å². The van der Waals surface area contributed by atoms with Gasteiger partial charge in [0.15, 0.2) is 0 Å². The lowest BCUT2D eigenvalue weighted by atomic mass is 9.88. The third-order valence-corrected chi connectivity index (χ3v) is 4.41. The van der Waals surface area contributed by atoms with E-state index in [-0.39, 0.29) is 11.4 Å². The molecule has 4 heteroatoms. The first-order valence-corrected chi connectivity index (χ1v) is 7.86. The summed E-state index contributed by atoms with van der Waals surface area (Å²) in [6.45, 7) is 10.7. The molecule has 4 nitrogen and oxygen atoms in total. The highest BCUT2D eigenvalue weighted by Crippen LogP contribution is 2.44. The smallest absolute Gasteiger partial charge is 0.258 e. The Labute approximate surface area is 127 Å². The van der Waals surface area contributed by atoms with Gasteiger partial charge >= 0.3 is 0 Å². The maximum absolute atomic E-state index is 12.6. The van der Waals surface area contributed by atoms with Crippen molar-refractivity contribution in [3.63, 3.8) is 0 Å². The molecule has 1 N–H and O–H groups in total. The molecule has 0 unspecified atom stereocenters. The average molecular weight is 290 g/mol. The predicted octanol–water partition coefficient (Wildman–Crippen LogP) is 2.56. The largest absolute Gasteiger partial charge is 0.496 e. The number of carbonyl (C=O) groups excluding carboxylic acids is 1. The number of nitrogens with one attached hydrogen (secondary N) is 1. The Morgan fingerprint density at radius 2 is 2.10 bits per heavy atom. The van der Waals surface area contributed by atoms with Crippen molar-refractivity contribution in [3.05, 3.63) is 28.8 Å². The van der Waals surface area contributed by atoms with Crippen LogP contribution in [0, 0.1) is 0 Å². The summed E-state index contributed by atoms with van der Waals surface area (Å²) in [5.74, 6) is 0.827. The van der Waals surface area contributed by atoms with E-state index in [0.717, 1.165) is 42.9 Å². The molecule has 2 aliphatic rings. The topological polar surface area (TPSA) is 41.6 Å². The summed E-state index contributed by atoms with van der Waals surface area (Å²) >= 11 is 0. The van der Waals surface area contributed by atoms with Crippen molar-refractivity contribution >= 4 is 5.91 Å². The van der Waals surface area contributed by atoms with Crippen molar-refractivity contribution in [1.29, 1.82) is 0 Å². The lowest BCUT2D eigenvalue weighted by Crippen LogP contribution is -2.55. The van der Waals surface area contributed by atoms with Gasteiger partial charge in [-0.1, -0.05) is 26.8 Å². The second-order valence-electron chi connectivity index (χ2n) is 5.48. The summed E-state index contributed by atoms with van der Waals surface area (Å²) in [4.78, 5) is 14.6. The van der Waals surface area contributed by atoms with Gasteiger partial charge in [-0.25, -0.2) is 0 Å². The molecule has 0 spiro atoms. The number of rotatable bonds is 2. The molecule has 1 fully saturated rings. The maximum Gasteiger partial charge on any atom is 0.258 e. The molecule has 3 rings (SSSR count). The number of hydrogen-bond donors (Lipinski definition) is 1. The SMILES string of the molecule is CC.CCc1cc(OC)c2c(c1)[C@]1(C)CNCCN1C2=O. The fourth-order valence-electron chi connectivity index (χ4n) is 3.25. The van der Waals surface area contributed by atoms with Gasteiger partial charge in [-0.05, 0) is 30.5 Å². The van der Waals surface area contributed by atoms with Crippen molar-refractivity contribution in [2.75, 3.05) is 26.7 Å². The third-order valence-electron chi connectivity index (χ3n) is 4.41. The lowest BCUT2D eigenvalue weighted by molar-refractivity contribution is 0.0509. The normalized spacial score (nSPS) is 23.1. The fraction of sp³-hybridized carbons (Fsp3) is 0.588. The summed E-state index contributed by atoms with van der Waals surface area (Å²) in [5.41, 5.74) is 2.85. The van der Waals surface area contributed by atoms with Gasteiger partial charge in [0.25, 0.3) is 5.91 Å². The number of amides is 1. The molecule has 0 aromatic heterocycles. The van der Waals surface area contributed by atoms with Crippen LogP contribution in [0.2, 0.25) is 0 Å². The highest BCUT2D eigenvalue weighted by atomic mass is 16.5. The molecule has 21 heavy (non-hydrogen) atoms. The van der Waals surface area contributed by atoms with Crippen molar-refractivity contribution < 1.29 is 9.53 Å². The van der Waals surface area contributed by atoms with Gasteiger partial charge in [0.2, 0.25) is 0 Å². The Balaban J connectivity index is 0.000000774. The first-order chi connectivity index (χ1) is 10.1. The summed E-state index contributed by atoms with van der Waals surface area (Å²) in [5, 5.41) is 3.40. The first kappa shape index (κ1) is 15.8. The van der Waals surface area contributed by atoms with Crippen molar-refractivity contribution in [2.45, 2.75) is 39.7 Å². The first-order valence-electron chi connectivity index (χ1n) is 7.86. The van der Waals surface area contributed by atoms with E-state index in [2.05, 4.69) is 25.2 Å². The molecule has 1 aromatic carbocycles. The van der Waals surface area contributed by atoms with Gasteiger partial charge in [0.1, 0.15) is 5.75 Å². The molecule has 1 saturated heterocycles. The third kappa shape index (κ3) is 2.31. The number of benzene rings is 1. The minimum atomic E-state index is -0.233. The van der Waals surface area contributed by atoms with Gasteiger partial charge in [-0.3, -0.25) is 4.79 Å². The monoisotopic (exact) mass is 290 g/mol. The molecule has 116 valence electrons. The Kier molecular flexibility index (Phi) is 4.57. The van der Waals surface area contributed by atoms with Crippen molar-refractivity contribution in [3.8, 4) is 5.75 Å². The van der Waals surface area contributed by atoms with Crippen LogP contribution < -0.4 is 10.1 Å². The Hall–Kier alpha value is -1.55. The summed E-state index contributed by atoms with van der Waals surface area (Å²) in [6, 6.07) is 4.16. The zero-order chi connectivity index (χ0) is 15.6. The summed E-state index contributed by atoms with van der Waals surface area (Å²) < 4.78 is 5.45. The molecular formula is C17H26N2O2. The number of fused-ring (bicyclic) bond motifs is 3. The lowest BCUT2D eigenvalue weighted by Gasteiger charge is -2.40. The van der Waals surface area contributed by atoms with Gasteiger partial charge in [0.05, 0.1) is 18.2 Å². The van der Waals surface area contributed by atoms with E-state index < -0.39 is 0 Å². The van der Waals surface area contributed by atoms with E-state index in [1.807, 2.05) is 24.8 Å². The summed E-state index contributed by atoms with van der Waals surface area (Å²) in [7, 11) is 1.64. The quantitative estimate of drug-likeness (QED) is 0.910. The van der Waals surface area contributed by atoms with Crippen LogP contribution in [0.25, 0.3) is 0 Å². The van der Waals surface area contributed by atoms with E-state index in [4.69, 9.17) is 4.74 Å². The highest BCUT2D eigenvalue weighted by molar-refractivity contribution is 6.02. The minimum Gasteiger partial charge on any atom is -0.496 e. The molecule has 1 atom stereocenters. The van der Waals surface area contributed by atoms with Crippen LogP contribution in [-0.4, -0.2) is 37.6 Å². The molecular weight excluding hydrogens is 264 g/mol. The molecule has 0 aliphatic carbocycles. The van der Waals surface area contributed by atoms with Gasteiger partial charge < -0.3 is 15.0 Å². The number of aryl methyl sites for hydroxylation is 1. The molecule has 2 heterocycles. The standard InChI is InChI=1S/C15H20N2O2.C2H6/c1-4-10-7-11-13(12(8-10)19-3)14(18)17-6-5-16-9-15(11,17)2;1-2/h7-8,16H,4-6,9H2,1-3H3;1-2H3/t15-;/m0./s1. The van der Waals surface area contributed by atoms with E-state index in [1.54, 1.807) is 7.11 Å². The molecule has 2 aliphatic heterocycles. The Morgan fingerprint density at radius 3 is 2.71 bits per heavy atom. The second-order valence-corrected chi connectivity index (χ2v) is 5.48. The van der Waals surface area contributed by atoms with Gasteiger partial charge in [-0.15, -0.1) is 0 Å².